The molecule has 0 unspecified atom stereocenters. The molecular weight excluding hydrogens is 336 g/mol. The summed E-state index contributed by atoms with van der Waals surface area (Å²) >= 11 is 0. The Morgan fingerprint density at radius 1 is 1.30 bits per heavy atom. The first-order valence-electron chi connectivity index (χ1n) is 9.79. The minimum atomic E-state index is 0.641. The van der Waals surface area contributed by atoms with Crippen molar-refractivity contribution in [2.45, 2.75) is 45.8 Å². The smallest absolute Gasteiger partial charge is 0.222 e. The summed E-state index contributed by atoms with van der Waals surface area (Å²) in [6, 6.07) is 4.02. The van der Waals surface area contributed by atoms with E-state index in [0.717, 1.165) is 38.3 Å². The van der Waals surface area contributed by atoms with Gasteiger partial charge in [-0.15, -0.1) is 0 Å². The van der Waals surface area contributed by atoms with E-state index in [4.69, 9.17) is 5.10 Å². The lowest BCUT2D eigenvalue weighted by atomic mass is 9.85. The van der Waals surface area contributed by atoms with Crippen LogP contribution in [0.25, 0.3) is 0 Å². The fourth-order valence-corrected chi connectivity index (χ4v) is 3.93. The average Bonchev–Trinajstić information content (AvgIpc) is 3.10. The molecule has 2 aliphatic rings. The van der Waals surface area contributed by atoms with E-state index in [9.17, 15) is 0 Å². The normalized spacial score (nSPS) is 20.0. The van der Waals surface area contributed by atoms with Crippen LogP contribution >= 0.6 is 0 Å². The Kier molecular flexibility index (Phi) is 5.34. The van der Waals surface area contributed by atoms with E-state index >= 15 is 0 Å². The SMILES string of the molecule is C=C(C)[C@@H]1CC=C(CN2CCn3nc(CNc4ncccn4)cc3C2)CC1. The molecule has 142 valence electrons. The van der Waals surface area contributed by atoms with Gasteiger partial charge in [-0.1, -0.05) is 23.8 Å². The summed E-state index contributed by atoms with van der Waals surface area (Å²) in [5.41, 5.74) is 5.25. The van der Waals surface area contributed by atoms with Gasteiger partial charge in [-0.3, -0.25) is 9.58 Å². The van der Waals surface area contributed by atoms with Gasteiger partial charge in [-0.05, 0) is 44.2 Å². The first kappa shape index (κ1) is 17.9. The van der Waals surface area contributed by atoms with Crippen LogP contribution in [0.1, 0.15) is 37.6 Å². The van der Waals surface area contributed by atoms with Gasteiger partial charge in [-0.2, -0.15) is 5.10 Å². The number of allylic oxidation sites excluding steroid dienone is 2. The van der Waals surface area contributed by atoms with E-state index in [0.29, 0.717) is 18.4 Å². The minimum absolute atomic E-state index is 0.641. The van der Waals surface area contributed by atoms with Crippen molar-refractivity contribution in [1.29, 1.82) is 0 Å². The third kappa shape index (κ3) is 4.45. The van der Waals surface area contributed by atoms with Gasteiger partial charge in [0, 0.05) is 32.0 Å². The fraction of sp³-hybridized carbons (Fsp3) is 0.476. The second-order valence-electron chi connectivity index (χ2n) is 7.67. The van der Waals surface area contributed by atoms with Gasteiger partial charge in [0.2, 0.25) is 5.95 Å². The molecule has 1 atom stereocenters. The second-order valence-corrected chi connectivity index (χ2v) is 7.67. The Labute approximate surface area is 161 Å². The molecule has 6 nitrogen and oxygen atoms in total. The van der Waals surface area contributed by atoms with Crippen LogP contribution < -0.4 is 5.32 Å². The number of nitrogens with one attached hydrogen (secondary N) is 1. The quantitative estimate of drug-likeness (QED) is 0.796. The number of rotatable bonds is 6. The molecule has 0 spiro atoms. The summed E-state index contributed by atoms with van der Waals surface area (Å²) in [7, 11) is 0. The third-order valence-corrected chi connectivity index (χ3v) is 5.55. The first-order valence-corrected chi connectivity index (χ1v) is 9.79. The van der Waals surface area contributed by atoms with Gasteiger partial charge in [-0.25, -0.2) is 9.97 Å². The van der Waals surface area contributed by atoms with E-state index in [-0.39, 0.29) is 0 Å². The Morgan fingerprint density at radius 3 is 2.89 bits per heavy atom. The molecule has 6 heteroatoms. The summed E-state index contributed by atoms with van der Waals surface area (Å²) in [5.74, 6) is 1.32. The molecule has 2 aromatic rings. The zero-order valence-electron chi connectivity index (χ0n) is 16.1. The predicted molar refractivity (Wildman–Crippen MR) is 107 cm³/mol. The summed E-state index contributed by atoms with van der Waals surface area (Å²) in [4.78, 5) is 10.9. The summed E-state index contributed by atoms with van der Waals surface area (Å²) in [6.45, 7) is 11.0. The van der Waals surface area contributed by atoms with Crippen LogP contribution in [0.2, 0.25) is 0 Å². The fourth-order valence-electron chi connectivity index (χ4n) is 3.93. The summed E-state index contributed by atoms with van der Waals surface area (Å²) in [6.07, 6.45) is 9.55. The van der Waals surface area contributed by atoms with Crippen molar-refractivity contribution in [2.75, 3.05) is 18.4 Å². The van der Waals surface area contributed by atoms with E-state index in [1.165, 1.54) is 24.1 Å². The van der Waals surface area contributed by atoms with Crippen molar-refractivity contribution >= 4 is 5.95 Å². The summed E-state index contributed by atoms with van der Waals surface area (Å²) < 4.78 is 2.14. The van der Waals surface area contributed by atoms with E-state index < -0.39 is 0 Å². The number of nitrogens with zero attached hydrogens (tertiary/aromatic N) is 5. The van der Waals surface area contributed by atoms with E-state index in [1.54, 1.807) is 18.0 Å². The first-order chi connectivity index (χ1) is 13.2. The number of aromatic nitrogens is 4. The van der Waals surface area contributed by atoms with E-state index in [2.05, 4.69) is 50.5 Å². The van der Waals surface area contributed by atoms with Crippen LogP contribution in [-0.4, -0.2) is 37.7 Å². The van der Waals surface area contributed by atoms with Crippen molar-refractivity contribution in [3.05, 3.63) is 59.7 Å². The van der Waals surface area contributed by atoms with Gasteiger partial charge in [0.15, 0.2) is 0 Å². The largest absolute Gasteiger partial charge is 0.348 e. The molecule has 0 saturated carbocycles. The van der Waals surface area contributed by atoms with E-state index in [1.807, 2.05) is 6.07 Å². The lowest BCUT2D eigenvalue weighted by Gasteiger charge is -2.30. The van der Waals surface area contributed by atoms with Crippen LogP contribution in [0.3, 0.4) is 0 Å². The number of anilines is 1. The highest BCUT2D eigenvalue weighted by atomic mass is 15.3. The summed E-state index contributed by atoms with van der Waals surface area (Å²) in [5, 5.41) is 7.96. The maximum Gasteiger partial charge on any atom is 0.222 e. The molecule has 1 aliphatic carbocycles. The molecule has 1 N–H and O–H groups in total. The maximum atomic E-state index is 4.72. The molecule has 0 bridgehead atoms. The topological polar surface area (TPSA) is 58.9 Å². The molecule has 0 aromatic carbocycles. The number of fused-ring (bicyclic) bond motifs is 1. The highest BCUT2D eigenvalue weighted by Crippen LogP contribution is 2.29. The van der Waals surface area contributed by atoms with Crippen LogP contribution in [-0.2, 0) is 19.6 Å². The highest BCUT2D eigenvalue weighted by molar-refractivity contribution is 5.25. The van der Waals surface area contributed by atoms with Gasteiger partial charge < -0.3 is 5.32 Å². The minimum Gasteiger partial charge on any atom is -0.348 e. The molecule has 0 saturated heterocycles. The van der Waals surface area contributed by atoms with Gasteiger partial charge in [0.1, 0.15) is 0 Å². The van der Waals surface area contributed by atoms with Crippen LogP contribution in [0.4, 0.5) is 5.95 Å². The lowest BCUT2D eigenvalue weighted by molar-refractivity contribution is 0.226. The third-order valence-electron chi connectivity index (χ3n) is 5.55. The molecule has 0 radical (unpaired) electrons. The Morgan fingerprint density at radius 2 is 2.15 bits per heavy atom. The Hall–Kier alpha value is -2.47. The van der Waals surface area contributed by atoms with Crippen LogP contribution in [0, 0.1) is 5.92 Å². The number of hydrogen-bond acceptors (Lipinski definition) is 5. The molecule has 0 amide bonds. The highest BCUT2D eigenvalue weighted by Gasteiger charge is 2.21. The van der Waals surface area contributed by atoms with Crippen molar-refractivity contribution in [3.8, 4) is 0 Å². The molecule has 4 rings (SSSR count). The van der Waals surface area contributed by atoms with Gasteiger partial charge in [0.05, 0.1) is 24.5 Å². The molecular formula is C21H28N6. The number of hydrogen-bond donors (Lipinski definition) is 1. The molecule has 2 aromatic heterocycles. The van der Waals surface area contributed by atoms with Crippen molar-refractivity contribution in [2.24, 2.45) is 5.92 Å². The van der Waals surface area contributed by atoms with Crippen LogP contribution in [0.15, 0.2) is 48.3 Å². The van der Waals surface area contributed by atoms with Crippen molar-refractivity contribution < 1.29 is 0 Å². The second kappa shape index (κ2) is 8.05. The zero-order valence-corrected chi connectivity index (χ0v) is 16.1. The lowest BCUT2D eigenvalue weighted by Crippen LogP contribution is -2.35. The molecule has 27 heavy (non-hydrogen) atoms. The van der Waals surface area contributed by atoms with Gasteiger partial charge >= 0.3 is 0 Å². The van der Waals surface area contributed by atoms with Crippen molar-refractivity contribution in [1.82, 2.24) is 24.6 Å². The van der Waals surface area contributed by atoms with Crippen LogP contribution in [0.5, 0.6) is 0 Å². The predicted octanol–water partition coefficient (Wildman–Crippen LogP) is 3.40. The zero-order chi connectivity index (χ0) is 18.6. The standard InChI is InChI=1S/C21H28N6/c1-16(2)18-6-4-17(5-7-18)14-26-10-11-27-20(15-26)12-19(25-27)13-24-21-22-8-3-9-23-21/h3-4,8-9,12,18H,1,5-7,10-11,13-15H2,2H3,(H,22,23,24)/t18-/m1/s1. The monoisotopic (exact) mass is 364 g/mol. The van der Waals surface area contributed by atoms with Gasteiger partial charge in [0.25, 0.3) is 0 Å². The Bertz CT molecular complexity index is 822. The Balaban J connectivity index is 1.32. The maximum absolute atomic E-state index is 4.72. The average molecular weight is 364 g/mol. The molecule has 1 aliphatic heterocycles. The van der Waals surface area contributed by atoms with Crippen molar-refractivity contribution in [3.63, 3.8) is 0 Å². The molecule has 3 heterocycles. The molecule has 0 fully saturated rings.